The van der Waals surface area contributed by atoms with E-state index in [2.05, 4.69) is 5.32 Å². The van der Waals surface area contributed by atoms with Crippen molar-refractivity contribution < 1.29 is 4.42 Å². The fourth-order valence-corrected chi connectivity index (χ4v) is 1.95. The molecule has 18 heavy (non-hydrogen) atoms. The molecule has 2 rings (SSSR count). The summed E-state index contributed by atoms with van der Waals surface area (Å²) in [4.78, 5) is 0. The lowest BCUT2D eigenvalue weighted by Crippen LogP contribution is -2.20. The van der Waals surface area contributed by atoms with Crippen molar-refractivity contribution in [1.29, 1.82) is 0 Å². The molecule has 1 unspecified atom stereocenters. The highest BCUT2D eigenvalue weighted by Gasteiger charge is 2.13. The predicted molar refractivity (Wildman–Crippen MR) is 75.1 cm³/mol. The third kappa shape index (κ3) is 2.86. The van der Waals surface area contributed by atoms with Crippen LogP contribution in [-0.4, -0.2) is 6.54 Å². The fraction of sp³-hybridized carbons (Fsp3) is 0.286. The van der Waals surface area contributed by atoms with Gasteiger partial charge in [-0.25, -0.2) is 0 Å². The zero-order chi connectivity index (χ0) is 13.1. The van der Waals surface area contributed by atoms with E-state index in [4.69, 9.17) is 21.8 Å². The first-order valence-electron chi connectivity index (χ1n) is 5.89. The molecule has 0 spiro atoms. The van der Waals surface area contributed by atoms with Gasteiger partial charge in [0.2, 0.25) is 0 Å². The van der Waals surface area contributed by atoms with Crippen molar-refractivity contribution in [3.05, 3.63) is 52.4 Å². The second-order valence-corrected chi connectivity index (χ2v) is 4.75. The van der Waals surface area contributed by atoms with Crippen molar-refractivity contribution in [2.45, 2.75) is 19.9 Å². The molecule has 3 nitrogen and oxygen atoms in total. The minimum Gasteiger partial charge on any atom is -0.464 e. The summed E-state index contributed by atoms with van der Waals surface area (Å²) in [5.74, 6) is 1.72. The quantitative estimate of drug-likeness (QED) is 0.886. The lowest BCUT2D eigenvalue weighted by Gasteiger charge is -2.16. The first-order chi connectivity index (χ1) is 8.60. The van der Waals surface area contributed by atoms with Gasteiger partial charge in [-0.3, -0.25) is 0 Å². The van der Waals surface area contributed by atoms with E-state index < -0.39 is 0 Å². The summed E-state index contributed by atoms with van der Waals surface area (Å²) in [6, 6.07) is 9.69. The summed E-state index contributed by atoms with van der Waals surface area (Å²) in [7, 11) is 0. The number of aryl methyl sites for hydroxylation is 2. The maximum absolute atomic E-state index is 6.10. The van der Waals surface area contributed by atoms with Gasteiger partial charge in [-0.15, -0.1) is 0 Å². The van der Waals surface area contributed by atoms with Crippen molar-refractivity contribution in [2.75, 3.05) is 11.9 Å². The fourth-order valence-electron chi connectivity index (χ4n) is 1.77. The van der Waals surface area contributed by atoms with Gasteiger partial charge in [0.05, 0.1) is 6.04 Å². The van der Waals surface area contributed by atoms with Crippen molar-refractivity contribution in [2.24, 2.45) is 5.73 Å². The molecule has 0 saturated carbocycles. The smallest absolute Gasteiger partial charge is 0.127 e. The number of nitrogens with one attached hydrogen (secondary N) is 1. The third-order valence-electron chi connectivity index (χ3n) is 2.85. The third-order valence-corrected chi connectivity index (χ3v) is 3.26. The molecule has 1 heterocycles. The van der Waals surface area contributed by atoms with Crippen LogP contribution >= 0.6 is 11.6 Å². The number of anilines is 1. The van der Waals surface area contributed by atoms with E-state index in [0.29, 0.717) is 6.54 Å². The Morgan fingerprint density at radius 1 is 1.28 bits per heavy atom. The van der Waals surface area contributed by atoms with E-state index in [9.17, 15) is 0 Å². The van der Waals surface area contributed by atoms with E-state index in [0.717, 1.165) is 27.8 Å². The number of furan rings is 1. The van der Waals surface area contributed by atoms with Crippen molar-refractivity contribution in [1.82, 2.24) is 0 Å². The van der Waals surface area contributed by atoms with Crippen LogP contribution in [0.5, 0.6) is 0 Å². The Labute approximate surface area is 112 Å². The minimum absolute atomic E-state index is 0.0440. The highest BCUT2D eigenvalue weighted by atomic mass is 35.5. The normalized spacial score (nSPS) is 12.4. The molecule has 4 heteroatoms. The van der Waals surface area contributed by atoms with Gasteiger partial charge in [-0.1, -0.05) is 17.7 Å². The van der Waals surface area contributed by atoms with Crippen molar-refractivity contribution in [3.8, 4) is 0 Å². The van der Waals surface area contributed by atoms with Gasteiger partial charge < -0.3 is 15.5 Å². The van der Waals surface area contributed by atoms with Crippen LogP contribution in [0, 0.1) is 13.8 Å². The molecule has 0 aliphatic heterocycles. The van der Waals surface area contributed by atoms with E-state index in [1.54, 1.807) is 0 Å². The first-order valence-corrected chi connectivity index (χ1v) is 6.27. The molecular formula is C14H17ClN2O. The van der Waals surface area contributed by atoms with Crippen LogP contribution in [0.4, 0.5) is 5.69 Å². The number of halogens is 1. The lowest BCUT2D eigenvalue weighted by atomic mass is 10.2. The van der Waals surface area contributed by atoms with Crippen LogP contribution in [0.25, 0.3) is 0 Å². The molecule has 0 fully saturated rings. The molecule has 2 aromatic rings. The maximum Gasteiger partial charge on any atom is 0.127 e. The molecule has 0 radical (unpaired) electrons. The molecule has 1 aromatic heterocycles. The Morgan fingerprint density at radius 2 is 2.06 bits per heavy atom. The standard InChI is InChI=1S/C14H17ClN2O/c1-9-3-5-11(7-12(9)15)17-13(8-16)14-6-4-10(2)18-14/h3-7,13,17H,8,16H2,1-2H3. The summed E-state index contributed by atoms with van der Waals surface area (Å²) >= 11 is 6.10. The van der Waals surface area contributed by atoms with E-state index >= 15 is 0 Å². The molecule has 0 aliphatic carbocycles. The lowest BCUT2D eigenvalue weighted by molar-refractivity contribution is 0.459. The van der Waals surface area contributed by atoms with Crippen LogP contribution in [0.2, 0.25) is 5.02 Å². The highest BCUT2D eigenvalue weighted by molar-refractivity contribution is 6.31. The molecule has 0 aliphatic rings. The molecule has 0 saturated heterocycles. The van der Waals surface area contributed by atoms with Crippen LogP contribution in [0.15, 0.2) is 34.7 Å². The van der Waals surface area contributed by atoms with Gasteiger partial charge in [0.15, 0.2) is 0 Å². The van der Waals surface area contributed by atoms with E-state index in [-0.39, 0.29) is 6.04 Å². The number of nitrogens with two attached hydrogens (primary N) is 1. The number of rotatable bonds is 4. The van der Waals surface area contributed by atoms with Crippen LogP contribution in [0.3, 0.4) is 0 Å². The van der Waals surface area contributed by atoms with Crippen LogP contribution in [-0.2, 0) is 0 Å². The molecular weight excluding hydrogens is 248 g/mol. The second kappa shape index (κ2) is 5.46. The molecule has 3 N–H and O–H groups in total. The highest BCUT2D eigenvalue weighted by Crippen LogP contribution is 2.24. The van der Waals surface area contributed by atoms with Gasteiger partial charge in [0.25, 0.3) is 0 Å². The molecule has 0 amide bonds. The molecule has 1 aromatic carbocycles. The van der Waals surface area contributed by atoms with Gasteiger partial charge in [0, 0.05) is 17.3 Å². The predicted octanol–water partition coefficient (Wildman–Crippen LogP) is 3.66. The largest absolute Gasteiger partial charge is 0.464 e. The number of benzene rings is 1. The second-order valence-electron chi connectivity index (χ2n) is 4.35. The van der Waals surface area contributed by atoms with Crippen molar-refractivity contribution >= 4 is 17.3 Å². The maximum atomic E-state index is 6.10. The molecule has 96 valence electrons. The number of hydrogen-bond acceptors (Lipinski definition) is 3. The summed E-state index contributed by atoms with van der Waals surface area (Å²) in [5.41, 5.74) is 7.77. The zero-order valence-electron chi connectivity index (χ0n) is 10.5. The van der Waals surface area contributed by atoms with E-state index in [1.165, 1.54) is 0 Å². The topological polar surface area (TPSA) is 51.2 Å². The Balaban J connectivity index is 2.17. The summed E-state index contributed by atoms with van der Waals surface area (Å²) in [6.07, 6.45) is 0. The average Bonchev–Trinajstić information content (AvgIpc) is 2.77. The van der Waals surface area contributed by atoms with Gasteiger partial charge >= 0.3 is 0 Å². The Morgan fingerprint density at radius 3 is 2.61 bits per heavy atom. The zero-order valence-corrected chi connectivity index (χ0v) is 11.3. The van der Waals surface area contributed by atoms with E-state index in [1.807, 2.05) is 44.2 Å². The first kappa shape index (κ1) is 13.0. The van der Waals surface area contributed by atoms with Gasteiger partial charge in [-0.05, 0) is 43.7 Å². The van der Waals surface area contributed by atoms with Crippen LogP contribution < -0.4 is 11.1 Å². The van der Waals surface area contributed by atoms with Gasteiger partial charge in [0.1, 0.15) is 11.5 Å². The Hall–Kier alpha value is -1.45. The molecule has 0 bridgehead atoms. The summed E-state index contributed by atoms with van der Waals surface area (Å²) in [5, 5.41) is 4.07. The monoisotopic (exact) mass is 264 g/mol. The Kier molecular flexibility index (Phi) is 3.94. The average molecular weight is 265 g/mol. The van der Waals surface area contributed by atoms with Crippen molar-refractivity contribution in [3.63, 3.8) is 0 Å². The van der Waals surface area contributed by atoms with Gasteiger partial charge in [-0.2, -0.15) is 0 Å². The number of hydrogen-bond donors (Lipinski definition) is 2. The summed E-state index contributed by atoms with van der Waals surface area (Å²) < 4.78 is 5.59. The minimum atomic E-state index is -0.0440. The molecule has 1 atom stereocenters. The van der Waals surface area contributed by atoms with Crippen LogP contribution in [0.1, 0.15) is 23.1 Å². The Bertz CT molecular complexity index is 536. The SMILES string of the molecule is Cc1ccc(C(CN)Nc2ccc(C)c(Cl)c2)o1. The summed E-state index contributed by atoms with van der Waals surface area (Å²) in [6.45, 7) is 4.35.